The summed E-state index contributed by atoms with van der Waals surface area (Å²) >= 11 is 0. The molecule has 126 valence electrons. The van der Waals surface area contributed by atoms with Crippen molar-refractivity contribution in [3.8, 4) is 0 Å². The second-order valence-electron chi connectivity index (χ2n) is 4.55. The SMILES string of the molecule is CNCCC(=O)NCc1ccc(COCC(F)(F)F)cc1.Cl. The van der Waals surface area contributed by atoms with E-state index in [1.807, 2.05) is 0 Å². The first-order chi connectivity index (χ1) is 9.90. The lowest BCUT2D eigenvalue weighted by Crippen LogP contribution is -2.26. The minimum atomic E-state index is -4.31. The van der Waals surface area contributed by atoms with Crippen molar-refractivity contribution in [2.75, 3.05) is 20.2 Å². The molecule has 0 unspecified atom stereocenters. The Morgan fingerprint density at radius 2 is 1.77 bits per heavy atom. The number of amides is 1. The van der Waals surface area contributed by atoms with Crippen LogP contribution in [0.5, 0.6) is 0 Å². The Morgan fingerprint density at radius 3 is 2.32 bits per heavy atom. The molecule has 0 aliphatic rings. The van der Waals surface area contributed by atoms with Gasteiger partial charge in [0.05, 0.1) is 6.61 Å². The van der Waals surface area contributed by atoms with Crippen molar-refractivity contribution in [1.29, 1.82) is 0 Å². The molecule has 0 radical (unpaired) electrons. The number of halogens is 4. The lowest BCUT2D eigenvalue weighted by atomic mass is 10.1. The fourth-order valence-electron chi connectivity index (χ4n) is 1.57. The normalized spacial score (nSPS) is 10.9. The highest BCUT2D eigenvalue weighted by Crippen LogP contribution is 2.15. The molecule has 1 aromatic rings. The first kappa shape index (κ1) is 20.7. The van der Waals surface area contributed by atoms with Crippen molar-refractivity contribution in [1.82, 2.24) is 10.6 Å². The summed E-state index contributed by atoms with van der Waals surface area (Å²) in [5.41, 5.74) is 1.54. The summed E-state index contributed by atoms with van der Waals surface area (Å²) in [4.78, 5) is 11.4. The van der Waals surface area contributed by atoms with Gasteiger partial charge in [-0.2, -0.15) is 13.2 Å². The van der Waals surface area contributed by atoms with Crippen LogP contribution in [0.3, 0.4) is 0 Å². The van der Waals surface area contributed by atoms with Crippen LogP contribution in [-0.4, -0.2) is 32.3 Å². The number of alkyl halides is 3. The zero-order valence-corrected chi connectivity index (χ0v) is 13.0. The molecule has 1 amide bonds. The third kappa shape index (κ3) is 9.59. The molecule has 2 N–H and O–H groups in total. The van der Waals surface area contributed by atoms with Gasteiger partial charge in [-0.1, -0.05) is 24.3 Å². The van der Waals surface area contributed by atoms with Crippen LogP contribution in [0, 0.1) is 0 Å². The fourth-order valence-corrected chi connectivity index (χ4v) is 1.57. The molecule has 0 fully saturated rings. The summed E-state index contributed by atoms with van der Waals surface area (Å²) in [7, 11) is 1.77. The van der Waals surface area contributed by atoms with Gasteiger partial charge in [-0.3, -0.25) is 4.79 Å². The summed E-state index contributed by atoms with van der Waals surface area (Å²) < 4.78 is 40.3. The maximum atomic E-state index is 11.9. The number of hydrogen-bond donors (Lipinski definition) is 2. The van der Waals surface area contributed by atoms with E-state index in [4.69, 9.17) is 0 Å². The van der Waals surface area contributed by atoms with E-state index >= 15 is 0 Å². The van der Waals surface area contributed by atoms with Gasteiger partial charge in [0.2, 0.25) is 5.91 Å². The van der Waals surface area contributed by atoms with Crippen LogP contribution in [0.15, 0.2) is 24.3 Å². The third-order valence-corrected chi connectivity index (χ3v) is 2.65. The van der Waals surface area contributed by atoms with Gasteiger partial charge in [0.1, 0.15) is 6.61 Å². The van der Waals surface area contributed by atoms with E-state index in [1.165, 1.54) is 0 Å². The molecule has 8 heteroatoms. The molecule has 0 heterocycles. The van der Waals surface area contributed by atoms with Gasteiger partial charge in [-0.25, -0.2) is 0 Å². The van der Waals surface area contributed by atoms with Crippen molar-refractivity contribution >= 4 is 18.3 Å². The molecular weight excluding hydrogens is 321 g/mol. The Hall–Kier alpha value is -1.31. The molecule has 22 heavy (non-hydrogen) atoms. The summed E-state index contributed by atoms with van der Waals surface area (Å²) in [5.74, 6) is -0.0538. The van der Waals surface area contributed by atoms with E-state index in [9.17, 15) is 18.0 Å². The molecule has 0 bridgehead atoms. The van der Waals surface area contributed by atoms with E-state index in [2.05, 4.69) is 15.4 Å². The van der Waals surface area contributed by atoms with Crippen molar-refractivity contribution in [2.45, 2.75) is 25.7 Å². The molecule has 0 aromatic heterocycles. The molecule has 1 aromatic carbocycles. The highest BCUT2D eigenvalue weighted by atomic mass is 35.5. The van der Waals surface area contributed by atoms with Crippen LogP contribution in [0.25, 0.3) is 0 Å². The second kappa shape index (κ2) is 10.4. The number of benzene rings is 1. The first-order valence-corrected chi connectivity index (χ1v) is 6.54. The predicted molar refractivity (Wildman–Crippen MR) is 79.8 cm³/mol. The van der Waals surface area contributed by atoms with Gasteiger partial charge in [-0.15, -0.1) is 12.4 Å². The molecular formula is C14H20ClF3N2O2. The minimum Gasteiger partial charge on any atom is -0.367 e. The highest BCUT2D eigenvalue weighted by Gasteiger charge is 2.27. The monoisotopic (exact) mass is 340 g/mol. The molecule has 0 spiro atoms. The third-order valence-electron chi connectivity index (χ3n) is 2.65. The highest BCUT2D eigenvalue weighted by molar-refractivity contribution is 5.85. The number of carbonyl (C=O) groups is 1. The van der Waals surface area contributed by atoms with E-state index in [0.717, 1.165) is 5.56 Å². The van der Waals surface area contributed by atoms with E-state index in [0.29, 0.717) is 25.1 Å². The van der Waals surface area contributed by atoms with Crippen LogP contribution >= 0.6 is 12.4 Å². The maximum absolute atomic E-state index is 11.9. The van der Waals surface area contributed by atoms with E-state index in [1.54, 1.807) is 31.3 Å². The van der Waals surface area contributed by atoms with Gasteiger partial charge >= 0.3 is 6.18 Å². The van der Waals surface area contributed by atoms with Gasteiger partial charge in [-0.05, 0) is 18.2 Å². The Labute approximate surface area is 133 Å². The summed E-state index contributed by atoms with van der Waals surface area (Å²) in [5, 5.41) is 5.64. The van der Waals surface area contributed by atoms with Crippen LogP contribution in [0.2, 0.25) is 0 Å². The Morgan fingerprint density at radius 1 is 1.18 bits per heavy atom. The molecule has 1 rings (SSSR count). The van der Waals surface area contributed by atoms with Crippen molar-refractivity contribution in [2.24, 2.45) is 0 Å². The molecule has 0 aliphatic carbocycles. The number of rotatable bonds is 8. The lowest BCUT2D eigenvalue weighted by Gasteiger charge is -2.09. The summed E-state index contributed by atoms with van der Waals surface area (Å²) in [6, 6.07) is 6.88. The summed E-state index contributed by atoms with van der Waals surface area (Å²) in [6.45, 7) is -0.335. The van der Waals surface area contributed by atoms with E-state index in [-0.39, 0.29) is 24.9 Å². The van der Waals surface area contributed by atoms with Crippen LogP contribution < -0.4 is 10.6 Å². The maximum Gasteiger partial charge on any atom is 0.411 e. The topological polar surface area (TPSA) is 50.4 Å². The average molecular weight is 341 g/mol. The molecule has 0 saturated carbocycles. The van der Waals surface area contributed by atoms with Crippen LogP contribution in [0.1, 0.15) is 17.5 Å². The number of carbonyl (C=O) groups excluding carboxylic acids is 1. The molecule has 0 saturated heterocycles. The zero-order chi connectivity index (χ0) is 15.7. The standard InChI is InChI=1S/C14H19F3N2O2.ClH/c1-18-7-6-13(20)19-8-11-2-4-12(5-3-11)9-21-10-14(15,16)17;/h2-5,18H,6-10H2,1H3,(H,19,20);1H. The summed E-state index contributed by atoms with van der Waals surface area (Å²) in [6.07, 6.45) is -3.91. The molecule has 0 atom stereocenters. The van der Waals surface area contributed by atoms with Crippen molar-refractivity contribution < 1.29 is 22.7 Å². The van der Waals surface area contributed by atoms with Crippen molar-refractivity contribution in [3.63, 3.8) is 0 Å². The minimum absolute atomic E-state index is 0. The molecule has 0 aliphatic heterocycles. The quantitative estimate of drug-likeness (QED) is 0.764. The van der Waals surface area contributed by atoms with E-state index < -0.39 is 12.8 Å². The van der Waals surface area contributed by atoms with Gasteiger partial charge < -0.3 is 15.4 Å². The van der Waals surface area contributed by atoms with Crippen LogP contribution in [-0.2, 0) is 22.7 Å². The van der Waals surface area contributed by atoms with Crippen LogP contribution in [0.4, 0.5) is 13.2 Å². The van der Waals surface area contributed by atoms with Gasteiger partial charge in [0, 0.05) is 19.5 Å². The zero-order valence-electron chi connectivity index (χ0n) is 12.2. The number of ether oxygens (including phenoxy) is 1. The lowest BCUT2D eigenvalue weighted by molar-refractivity contribution is -0.176. The Balaban J connectivity index is 0.00000441. The average Bonchev–Trinajstić information content (AvgIpc) is 2.43. The van der Waals surface area contributed by atoms with Gasteiger partial charge in [0.15, 0.2) is 0 Å². The number of hydrogen-bond acceptors (Lipinski definition) is 3. The number of nitrogens with one attached hydrogen (secondary N) is 2. The largest absolute Gasteiger partial charge is 0.411 e. The van der Waals surface area contributed by atoms with Gasteiger partial charge in [0.25, 0.3) is 0 Å². The second-order valence-corrected chi connectivity index (χ2v) is 4.55. The smallest absolute Gasteiger partial charge is 0.367 e. The Kier molecular flexibility index (Phi) is 9.80. The predicted octanol–water partition coefficient (Wildman–Crippen LogP) is 2.41. The first-order valence-electron chi connectivity index (χ1n) is 6.54. The Bertz CT molecular complexity index is 439. The molecule has 4 nitrogen and oxygen atoms in total. The van der Waals surface area contributed by atoms with Crippen molar-refractivity contribution in [3.05, 3.63) is 35.4 Å². The fraction of sp³-hybridized carbons (Fsp3) is 0.500.